The van der Waals surface area contributed by atoms with Crippen LogP contribution in [0.3, 0.4) is 0 Å². The minimum absolute atomic E-state index is 0.225. The second kappa shape index (κ2) is 8.60. The molecule has 1 N–H and O–H groups in total. The molecule has 0 radical (unpaired) electrons. The van der Waals surface area contributed by atoms with Crippen molar-refractivity contribution in [2.45, 2.75) is 0 Å². The maximum Gasteiger partial charge on any atom is 0.251 e. The molecule has 3 heterocycles. The van der Waals surface area contributed by atoms with Gasteiger partial charge >= 0.3 is 0 Å². The zero-order valence-electron chi connectivity index (χ0n) is 16.7. The first-order chi connectivity index (χ1) is 15.8. The second-order valence-corrected chi connectivity index (χ2v) is 6.74. The number of rotatable bonds is 7. The maximum atomic E-state index is 12.5. The summed E-state index contributed by atoms with van der Waals surface area (Å²) in [4.78, 5) is 12.5. The van der Waals surface area contributed by atoms with Crippen molar-refractivity contribution in [3.05, 3.63) is 78.6 Å². The van der Waals surface area contributed by atoms with Gasteiger partial charge < -0.3 is 10.1 Å². The standard InChI is InChI=1S/C21H17N9O2/c31-21(16-7-4-8-17(13-16)29-14-23-27-28-29)22-11-12-32-19-10-9-18-24-25-20(30(18)26-19)15-5-2-1-3-6-15/h1-10,13-14H,11-12H2,(H,22,31). The van der Waals surface area contributed by atoms with Crippen LogP contribution in [0.5, 0.6) is 5.88 Å². The Balaban J connectivity index is 1.21. The number of hydrogen-bond donors (Lipinski definition) is 1. The molecule has 0 aliphatic heterocycles. The number of carbonyl (C=O) groups excluding carboxylic acids is 1. The molecule has 0 unspecified atom stereocenters. The highest BCUT2D eigenvalue weighted by Crippen LogP contribution is 2.18. The van der Waals surface area contributed by atoms with E-state index in [4.69, 9.17) is 4.74 Å². The van der Waals surface area contributed by atoms with Crippen LogP contribution in [0.2, 0.25) is 0 Å². The molecule has 32 heavy (non-hydrogen) atoms. The summed E-state index contributed by atoms with van der Waals surface area (Å²) in [6, 6.07) is 20.2. The number of ether oxygens (including phenoxy) is 1. The fourth-order valence-electron chi connectivity index (χ4n) is 3.11. The van der Waals surface area contributed by atoms with Gasteiger partial charge in [0.1, 0.15) is 12.9 Å². The Hall–Kier alpha value is -4.67. The summed E-state index contributed by atoms with van der Waals surface area (Å²) in [5.74, 6) is 0.809. The topological polar surface area (TPSA) is 125 Å². The van der Waals surface area contributed by atoms with E-state index < -0.39 is 0 Å². The van der Waals surface area contributed by atoms with E-state index in [0.717, 1.165) is 5.56 Å². The number of nitrogens with zero attached hydrogens (tertiary/aromatic N) is 8. The second-order valence-electron chi connectivity index (χ2n) is 6.74. The third kappa shape index (κ3) is 3.99. The zero-order chi connectivity index (χ0) is 21.8. The van der Waals surface area contributed by atoms with Crippen LogP contribution < -0.4 is 10.1 Å². The van der Waals surface area contributed by atoms with E-state index in [-0.39, 0.29) is 12.5 Å². The summed E-state index contributed by atoms with van der Waals surface area (Å²) in [5, 5.41) is 26.7. The number of hydrogen-bond acceptors (Lipinski definition) is 8. The van der Waals surface area contributed by atoms with Gasteiger partial charge in [0.15, 0.2) is 11.5 Å². The molecule has 158 valence electrons. The van der Waals surface area contributed by atoms with Crippen molar-refractivity contribution in [3.63, 3.8) is 0 Å². The minimum Gasteiger partial charge on any atom is -0.475 e. The first-order valence-corrected chi connectivity index (χ1v) is 9.80. The largest absolute Gasteiger partial charge is 0.475 e. The quantitative estimate of drug-likeness (QED) is 0.388. The number of benzene rings is 2. The lowest BCUT2D eigenvalue weighted by atomic mass is 10.2. The van der Waals surface area contributed by atoms with Crippen molar-refractivity contribution in [1.82, 2.24) is 45.3 Å². The molecular weight excluding hydrogens is 410 g/mol. The number of nitrogens with one attached hydrogen (secondary N) is 1. The fraction of sp³-hybridized carbons (Fsp3) is 0.0952. The molecule has 0 aliphatic rings. The van der Waals surface area contributed by atoms with E-state index in [1.807, 2.05) is 36.4 Å². The Kier molecular flexibility index (Phi) is 5.19. The average molecular weight is 427 g/mol. The lowest BCUT2D eigenvalue weighted by molar-refractivity contribution is 0.0946. The summed E-state index contributed by atoms with van der Waals surface area (Å²) in [5.41, 5.74) is 2.71. The van der Waals surface area contributed by atoms with Crippen LogP contribution in [0.15, 0.2) is 73.1 Å². The van der Waals surface area contributed by atoms with Gasteiger partial charge in [-0.05, 0) is 34.7 Å². The van der Waals surface area contributed by atoms with Gasteiger partial charge in [-0.3, -0.25) is 4.79 Å². The number of aromatic nitrogens is 8. The first-order valence-electron chi connectivity index (χ1n) is 9.80. The van der Waals surface area contributed by atoms with E-state index >= 15 is 0 Å². The normalized spacial score (nSPS) is 10.9. The van der Waals surface area contributed by atoms with Crippen LogP contribution in [-0.2, 0) is 0 Å². The molecule has 5 rings (SSSR count). The summed E-state index contributed by atoms with van der Waals surface area (Å²) >= 11 is 0. The van der Waals surface area contributed by atoms with Crippen molar-refractivity contribution >= 4 is 11.6 Å². The number of carbonyl (C=O) groups is 1. The Bertz CT molecular complexity index is 1350. The van der Waals surface area contributed by atoms with E-state index in [1.54, 1.807) is 34.8 Å². The van der Waals surface area contributed by atoms with E-state index in [9.17, 15) is 4.79 Å². The van der Waals surface area contributed by atoms with Gasteiger partial charge in [-0.25, -0.2) is 4.68 Å². The Morgan fingerprint density at radius 1 is 1.00 bits per heavy atom. The molecule has 1 amide bonds. The van der Waals surface area contributed by atoms with Crippen LogP contribution in [0.4, 0.5) is 0 Å². The molecule has 11 nitrogen and oxygen atoms in total. The van der Waals surface area contributed by atoms with Gasteiger partial charge in [-0.1, -0.05) is 36.4 Å². The molecule has 11 heteroatoms. The highest BCUT2D eigenvalue weighted by Gasteiger charge is 2.11. The number of tetrazole rings is 1. The predicted octanol–water partition coefficient (Wildman–Crippen LogP) is 1.58. The molecule has 0 saturated carbocycles. The van der Waals surface area contributed by atoms with Crippen molar-refractivity contribution in [1.29, 1.82) is 0 Å². The lowest BCUT2D eigenvalue weighted by Crippen LogP contribution is -2.28. The third-order valence-corrected chi connectivity index (χ3v) is 4.63. The zero-order valence-corrected chi connectivity index (χ0v) is 16.7. The molecule has 0 aliphatic carbocycles. The fourth-order valence-corrected chi connectivity index (χ4v) is 3.11. The summed E-state index contributed by atoms with van der Waals surface area (Å²) in [6.07, 6.45) is 1.47. The molecule has 0 fully saturated rings. The summed E-state index contributed by atoms with van der Waals surface area (Å²) in [6.45, 7) is 0.557. The number of fused-ring (bicyclic) bond motifs is 1. The van der Waals surface area contributed by atoms with Gasteiger partial charge in [-0.2, -0.15) is 4.52 Å². The first kappa shape index (κ1) is 19.3. The average Bonchev–Trinajstić information content (AvgIpc) is 3.52. The molecule has 2 aromatic carbocycles. The van der Waals surface area contributed by atoms with Gasteiger partial charge in [-0.15, -0.1) is 20.4 Å². The molecule has 0 bridgehead atoms. The molecule has 5 aromatic rings. The minimum atomic E-state index is -0.225. The SMILES string of the molecule is O=C(NCCOc1ccc2nnc(-c3ccccc3)n2n1)c1cccc(-n2cnnn2)c1. The van der Waals surface area contributed by atoms with E-state index in [1.165, 1.54) is 11.0 Å². The lowest BCUT2D eigenvalue weighted by Gasteiger charge is -2.08. The predicted molar refractivity (Wildman–Crippen MR) is 113 cm³/mol. The molecule has 0 spiro atoms. The van der Waals surface area contributed by atoms with Crippen LogP contribution in [-0.4, -0.2) is 59.1 Å². The van der Waals surface area contributed by atoms with Gasteiger partial charge in [0.2, 0.25) is 5.88 Å². The van der Waals surface area contributed by atoms with Crippen LogP contribution in [0.25, 0.3) is 22.7 Å². The van der Waals surface area contributed by atoms with Gasteiger partial charge in [0.05, 0.1) is 12.2 Å². The smallest absolute Gasteiger partial charge is 0.251 e. The van der Waals surface area contributed by atoms with Gasteiger partial charge in [0.25, 0.3) is 5.91 Å². The Labute approximate surface area is 181 Å². The van der Waals surface area contributed by atoms with Crippen molar-refractivity contribution in [2.75, 3.05) is 13.2 Å². The van der Waals surface area contributed by atoms with Crippen molar-refractivity contribution < 1.29 is 9.53 Å². The van der Waals surface area contributed by atoms with Crippen LogP contribution in [0.1, 0.15) is 10.4 Å². The Morgan fingerprint density at radius 2 is 1.91 bits per heavy atom. The monoisotopic (exact) mass is 427 g/mol. The van der Waals surface area contributed by atoms with E-state index in [2.05, 4.69) is 36.1 Å². The number of amides is 1. The van der Waals surface area contributed by atoms with Gasteiger partial charge in [0, 0.05) is 17.2 Å². The molecule has 0 saturated heterocycles. The van der Waals surface area contributed by atoms with Crippen LogP contribution in [0, 0.1) is 0 Å². The summed E-state index contributed by atoms with van der Waals surface area (Å²) in [7, 11) is 0. The molecule has 3 aromatic heterocycles. The third-order valence-electron chi connectivity index (χ3n) is 4.63. The van der Waals surface area contributed by atoms with Crippen molar-refractivity contribution in [2.24, 2.45) is 0 Å². The molecular formula is C21H17N9O2. The van der Waals surface area contributed by atoms with Crippen molar-refractivity contribution in [3.8, 4) is 23.0 Å². The van der Waals surface area contributed by atoms with E-state index in [0.29, 0.717) is 35.1 Å². The highest BCUT2D eigenvalue weighted by molar-refractivity contribution is 5.94. The Morgan fingerprint density at radius 3 is 2.75 bits per heavy atom. The molecule has 0 atom stereocenters. The maximum absolute atomic E-state index is 12.5. The summed E-state index contributed by atoms with van der Waals surface area (Å²) < 4.78 is 8.83. The highest BCUT2D eigenvalue weighted by atomic mass is 16.5. The van der Waals surface area contributed by atoms with Crippen LogP contribution >= 0.6 is 0 Å².